The Balaban J connectivity index is 1.40. The van der Waals surface area contributed by atoms with Crippen molar-refractivity contribution in [2.75, 3.05) is 34.4 Å². The Morgan fingerprint density at radius 3 is 2.62 bits per heavy atom. The van der Waals surface area contributed by atoms with Crippen molar-refractivity contribution in [3.8, 4) is 45.3 Å². The molecule has 0 spiro atoms. The molecule has 8 nitrogen and oxygen atoms in total. The van der Waals surface area contributed by atoms with Gasteiger partial charge >= 0.3 is 0 Å². The van der Waals surface area contributed by atoms with E-state index in [2.05, 4.69) is 25.1 Å². The fourth-order valence-corrected chi connectivity index (χ4v) is 4.63. The average molecular weight is 523 g/mol. The number of hydrogen-bond donors (Lipinski definition) is 2. The predicted octanol–water partition coefficient (Wildman–Crippen LogP) is 5.92. The zero-order valence-electron chi connectivity index (χ0n) is 21.8. The Bertz CT molecular complexity index is 1790. The summed E-state index contributed by atoms with van der Waals surface area (Å²) in [7, 11) is 5.56. The van der Waals surface area contributed by atoms with Gasteiger partial charge in [-0.3, -0.25) is 15.1 Å². The van der Waals surface area contributed by atoms with Crippen molar-refractivity contribution >= 4 is 21.8 Å². The molecule has 4 heterocycles. The molecule has 4 aromatic heterocycles. The third kappa shape index (κ3) is 4.92. The maximum absolute atomic E-state index is 14.6. The highest BCUT2D eigenvalue weighted by molar-refractivity contribution is 6.01. The van der Waals surface area contributed by atoms with E-state index in [1.807, 2.05) is 61.5 Å². The standard InChI is InChI=1S/C30H27FN6O2/c1-37(2)7-8-39-21-10-18(9-20(31)12-21)23-5-4-6-26-24(23)13-28(34-26)30-25-14-27(33-17-29(25)35-36-30)19-11-22(38-3)16-32-15-19/h4-6,9-17,34H,7-8H2,1-3H3,(H,35,36). The van der Waals surface area contributed by atoms with Crippen LogP contribution < -0.4 is 9.47 Å². The van der Waals surface area contributed by atoms with E-state index in [0.717, 1.165) is 62.1 Å². The number of methoxy groups -OCH3 is 1. The monoisotopic (exact) mass is 522 g/mol. The van der Waals surface area contributed by atoms with Crippen molar-refractivity contribution in [1.82, 2.24) is 30.0 Å². The SMILES string of the molecule is COc1cncc(-c2cc3c(-c4cc5c(-c6cc(F)cc(OCCN(C)C)c6)cccc5[nH]4)n[nH]c3cn2)c1. The third-order valence-electron chi connectivity index (χ3n) is 6.60. The first-order valence-corrected chi connectivity index (χ1v) is 12.5. The lowest BCUT2D eigenvalue weighted by atomic mass is 10.0. The number of halogens is 1. The lowest BCUT2D eigenvalue weighted by Crippen LogP contribution is -2.19. The van der Waals surface area contributed by atoms with E-state index in [9.17, 15) is 4.39 Å². The van der Waals surface area contributed by atoms with Crippen LogP contribution in [0.25, 0.3) is 55.6 Å². The van der Waals surface area contributed by atoms with Crippen molar-refractivity contribution in [2.24, 2.45) is 0 Å². The van der Waals surface area contributed by atoms with Gasteiger partial charge in [0, 0.05) is 40.7 Å². The van der Waals surface area contributed by atoms with Crippen LogP contribution >= 0.6 is 0 Å². The number of aromatic nitrogens is 5. The molecule has 39 heavy (non-hydrogen) atoms. The predicted molar refractivity (Wildman–Crippen MR) is 150 cm³/mol. The summed E-state index contributed by atoms with van der Waals surface area (Å²) in [6.07, 6.45) is 5.17. The molecule has 196 valence electrons. The summed E-state index contributed by atoms with van der Waals surface area (Å²) >= 11 is 0. The molecule has 0 saturated carbocycles. The largest absolute Gasteiger partial charge is 0.495 e. The van der Waals surface area contributed by atoms with Gasteiger partial charge in [-0.15, -0.1) is 0 Å². The first-order chi connectivity index (χ1) is 19.0. The molecule has 0 aliphatic heterocycles. The minimum Gasteiger partial charge on any atom is -0.495 e. The number of likely N-dealkylation sites (N-methyl/N-ethyl adjacent to an activating group) is 1. The highest BCUT2D eigenvalue weighted by Crippen LogP contribution is 2.36. The molecule has 0 saturated heterocycles. The van der Waals surface area contributed by atoms with E-state index in [1.165, 1.54) is 12.1 Å². The number of ether oxygens (including phenoxy) is 2. The molecular weight excluding hydrogens is 495 g/mol. The second kappa shape index (κ2) is 10.2. The van der Waals surface area contributed by atoms with Gasteiger partial charge in [0.05, 0.1) is 36.4 Å². The Labute approximate surface area is 224 Å². The van der Waals surface area contributed by atoms with Gasteiger partial charge in [-0.2, -0.15) is 5.10 Å². The maximum Gasteiger partial charge on any atom is 0.137 e. The summed E-state index contributed by atoms with van der Waals surface area (Å²) in [6.45, 7) is 1.22. The van der Waals surface area contributed by atoms with Gasteiger partial charge < -0.3 is 19.4 Å². The van der Waals surface area contributed by atoms with Crippen molar-refractivity contribution in [3.63, 3.8) is 0 Å². The number of nitrogens with one attached hydrogen (secondary N) is 2. The number of rotatable bonds is 8. The van der Waals surface area contributed by atoms with E-state index in [1.54, 1.807) is 25.7 Å². The Morgan fingerprint density at radius 1 is 0.897 bits per heavy atom. The topological polar surface area (TPSA) is 92.0 Å². The van der Waals surface area contributed by atoms with Gasteiger partial charge in [0.25, 0.3) is 0 Å². The summed E-state index contributed by atoms with van der Waals surface area (Å²) in [4.78, 5) is 14.3. The van der Waals surface area contributed by atoms with Crippen molar-refractivity contribution < 1.29 is 13.9 Å². The Kier molecular flexibility index (Phi) is 6.42. The van der Waals surface area contributed by atoms with E-state index in [0.29, 0.717) is 18.1 Å². The second-order valence-electron chi connectivity index (χ2n) is 9.58. The molecule has 0 unspecified atom stereocenters. The van der Waals surface area contributed by atoms with Crippen LogP contribution in [-0.2, 0) is 0 Å². The van der Waals surface area contributed by atoms with E-state index >= 15 is 0 Å². The van der Waals surface area contributed by atoms with E-state index in [-0.39, 0.29) is 5.82 Å². The highest BCUT2D eigenvalue weighted by atomic mass is 19.1. The number of hydrogen-bond acceptors (Lipinski definition) is 6. The van der Waals surface area contributed by atoms with E-state index < -0.39 is 0 Å². The average Bonchev–Trinajstić information content (AvgIpc) is 3.56. The smallest absolute Gasteiger partial charge is 0.137 e. The van der Waals surface area contributed by atoms with E-state index in [4.69, 9.17) is 9.47 Å². The number of pyridine rings is 2. The summed E-state index contributed by atoms with van der Waals surface area (Å²) in [5.74, 6) is 0.823. The van der Waals surface area contributed by atoms with Gasteiger partial charge in [-0.05, 0) is 61.6 Å². The molecule has 0 fully saturated rings. The quantitative estimate of drug-likeness (QED) is 0.258. The molecule has 0 aliphatic rings. The van der Waals surface area contributed by atoms with Gasteiger partial charge in [-0.25, -0.2) is 4.39 Å². The van der Waals surface area contributed by atoms with Crippen molar-refractivity contribution in [3.05, 3.63) is 79.0 Å². The lowest BCUT2D eigenvalue weighted by Gasteiger charge is -2.12. The third-order valence-corrected chi connectivity index (χ3v) is 6.60. The van der Waals surface area contributed by atoms with Crippen molar-refractivity contribution in [2.45, 2.75) is 0 Å². The van der Waals surface area contributed by atoms with Gasteiger partial charge in [0.1, 0.15) is 29.6 Å². The van der Waals surface area contributed by atoms with Crippen LogP contribution in [0.2, 0.25) is 0 Å². The number of fused-ring (bicyclic) bond motifs is 2. The van der Waals surface area contributed by atoms with Crippen LogP contribution in [0.5, 0.6) is 11.5 Å². The van der Waals surface area contributed by atoms with Crippen LogP contribution in [0, 0.1) is 5.82 Å². The molecular formula is C30H27FN6O2. The number of H-pyrrole nitrogens is 2. The number of aromatic amines is 2. The molecule has 0 atom stereocenters. The molecule has 0 amide bonds. The minimum absolute atomic E-state index is 0.342. The van der Waals surface area contributed by atoms with Gasteiger partial charge in [0.2, 0.25) is 0 Å². The molecule has 2 aromatic carbocycles. The molecule has 0 bridgehead atoms. The molecule has 2 N–H and O–H groups in total. The Morgan fingerprint density at radius 2 is 1.77 bits per heavy atom. The zero-order valence-corrected chi connectivity index (χ0v) is 21.8. The minimum atomic E-state index is -0.342. The summed E-state index contributed by atoms with van der Waals surface area (Å²) in [6, 6.07) is 16.7. The summed E-state index contributed by atoms with van der Waals surface area (Å²) in [5.41, 5.74) is 6.58. The summed E-state index contributed by atoms with van der Waals surface area (Å²) < 4.78 is 25.7. The lowest BCUT2D eigenvalue weighted by molar-refractivity contribution is 0.260. The van der Waals surface area contributed by atoms with Gasteiger partial charge in [0.15, 0.2) is 0 Å². The van der Waals surface area contributed by atoms with Crippen LogP contribution in [0.1, 0.15) is 0 Å². The van der Waals surface area contributed by atoms with Crippen LogP contribution in [0.15, 0.2) is 73.2 Å². The number of nitrogens with zero attached hydrogens (tertiary/aromatic N) is 4. The van der Waals surface area contributed by atoms with Gasteiger partial charge in [-0.1, -0.05) is 12.1 Å². The molecule has 6 rings (SSSR count). The van der Waals surface area contributed by atoms with Crippen LogP contribution in [0.4, 0.5) is 4.39 Å². The van der Waals surface area contributed by atoms with Crippen molar-refractivity contribution in [1.29, 1.82) is 0 Å². The Hall–Kier alpha value is -4.76. The number of benzene rings is 2. The fourth-order valence-electron chi connectivity index (χ4n) is 4.63. The first-order valence-electron chi connectivity index (χ1n) is 12.5. The summed E-state index contributed by atoms with van der Waals surface area (Å²) in [5, 5.41) is 9.54. The van der Waals surface area contributed by atoms with Crippen LogP contribution in [0.3, 0.4) is 0 Å². The molecule has 0 radical (unpaired) electrons. The van der Waals surface area contributed by atoms with Crippen LogP contribution in [-0.4, -0.2) is 64.4 Å². The highest BCUT2D eigenvalue weighted by Gasteiger charge is 2.16. The maximum atomic E-state index is 14.6. The first kappa shape index (κ1) is 24.6. The molecule has 0 aliphatic carbocycles. The fraction of sp³-hybridized carbons (Fsp3) is 0.167. The zero-order chi connectivity index (χ0) is 26.9. The normalized spacial score (nSPS) is 11.5. The molecule has 9 heteroatoms. The second-order valence-corrected chi connectivity index (χ2v) is 9.58. The molecule has 6 aromatic rings.